The maximum Gasteiger partial charge on any atom is 0.213 e. The molecule has 5 heterocycles. The molecular weight excluding hydrogens is 449 g/mol. The molecule has 4 aromatic rings. The van der Waals surface area contributed by atoms with Gasteiger partial charge in [0.25, 0.3) is 0 Å². The van der Waals surface area contributed by atoms with Crippen LogP contribution in [0.3, 0.4) is 0 Å². The van der Waals surface area contributed by atoms with Crippen LogP contribution < -0.4 is 15.4 Å². The van der Waals surface area contributed by atoms with Gasteiger partial charge in [0.15, 0.2) is 22.9 Å². The lowest BCUT2D eigenvalue weighted by Crippen LogP contribution is -2.51. The van der Waals surface area contributed by atoms with E-state index >= 15 is 0 Å². The van der Waals surface area contributed by atoms with Crippen LogP contribution in [0.1, 0.15) is 31.0 Å². The Kier molecular flexibility index (Phi) is 5.12. The van der Waals surface area contributed by atoms with Crippen molar-refractivity contribution in [3.63, 3.8) is 0 Å². The molecule has 1 aromatic carbocycles. The molecule has 9 nitrogen and oxygen atoms in total. The van der Waals surface area contributed by atoms with Crippen molar-refractivity contribution >= 4 is 22.6 Å². The number of hydrogen-bond donors (Lipinski definition) is 2. The Morgan fingerprint density at radius 2 is 2.11 bits per heavy atom. The second-order valence-electron chi connectivity index (χ2n) is 9.29. The maximum atomic E-state index is 14.5. The number of imidazole rings is 1. The van der Waals surface area contributed by atoms with Crippen LogP contribution in [0.15, 0.2) is 30.6 Å². The Bertz CT molecular complexity index is 1480. The van der Waals surface area contributed by atoms with E-state index in [4.69, 9.17) is 20.2 Å². The minimum Gasteiger partial charge on any atom is -0.494 e. The Morgan fingerprint density at radius 3 is 2.86 bits per heavy atom. The van der Waals surface area contributed by atoms with Crippen molar-refractivity contribution in [2.45, 2.75) is 31.9 Å². The molecule has 3 N–H and O–H groups in total. The summed E-state index contributed by atoms with van der Waals surface area (Å²) in [7, 11) is 1.42. The Balaban J connectivity index is 1.35. The summed E-state index contributed by atoms with van der Waals surface area (Å²) in [5, 5.41) is 8.03. The van der Waals surface area contributed by atoms with Crippen molar-refractivity contribution in [2.75, 3.05) is 31.7 Å². The average Bonchev–Trinajstić information content (AvgIpc) is 3.58. The topological polar surface area (TPSA) is 107 Å². The number of hydrogen-bond acceptors (Lipinski definition) is 7. The van der Waals surface area contributed by atoms with Crippen LogP contribution >= 0.6 is 0 Å². The van der Waals surface area contributed by atoms with Crippen molar-refractivity contribution in [1.82, 2.24) is 24.6 Å². The molecule has 1 spiro atoms. The van der Waals surface area contributed by atoms with Crippen LogP contribution in [-0.2, 0) is 4.74 Å². The predicted molar refractivity (Wildman–Crippen MR) is 129 cm³/mol. The molecule has 6 rings (SSSR count). The van der Waals surface area contributed by atoms with Gasteiger partial charge in [0.05, 0.1) is 30.8 Å². The van der Waals surface area contributed by atoms with E-state index in [2.05, 4.69) is 38.8 Å². The summed E-state index contributed by atoms with van der Waals surface area (Å²) in [5.41, 5.74) is 8.49. The van der Waals surface area contributed by atoms with E-state index in [1.165, 1.54) is 7.11 Å². The third-order valence-electron chi connectivity index (χ3n) is 7.43. The van der Waals surface area contributed by atoms with Gasteiger partial charge < -0.3 is 20.1 Å². The zero-order chi connectivity index (χ0) is 24.2. The third kappa shape index (κ3) is 3.42. The van der Waals surface area contributed by atoms with E-state index in [1.807, 2.05) is 10.6 Å². The molecule has 3 aromatic heterocycles. The average molecular weight is 476 g/mol. The van der Waals surface area contributed by atoms with E-state index in [-0.39, 0.29) is 28.9 Å². The molecule has 0 unspecified atom stereocenters. The second kappa shape index (κ2) is 8.22. The number of nitrogens with two attached hydrogens (primary N) is 1. The molecule has 2 aliphatic rings. The number of benzene rings is 1. The van der Waals surface area contributed by atoms with Gasteiger partial charge in [-0.3, -0.25) is 9.50 Å². The Labute approximate surface area is 201 Å². The molecule has 2 aliphatic heterocycles. The van der Waals surface area contributed by atoms with Crippen LogP contribution in [0.2, 0.25) is 0 Å². The lowest BCUT2D eigenvalue weighted by molar-refractivity contribution is 0.0973. The molecular formula is C25H26FN7O2. The number of nitrogens with one attached hydrogen (secondary N) is 1. The number of methoxy groups -OCH3 is 1. The number of anilines is 1. The normalized spacial score (nSPS) is 21.5. The number of halogens is 1. The molecule has 2 atom stereocenters. The fourth-order valence-corrected chi connectivity index (χ4v) is 5.26. The first-order valence-electron chi connectivity index (χ1n) is 11.7. The highest BCUT2D eigenvalue weighted by molar-refractivity contribution is 5.94. The van der Waals surface area contributed by atoms with Crippen LogP contribution in [0.4, 0.5) is 10.3 Å². The number of piperidine rings is 1. The highest BCUT2D eigenvalue weighted by Gasteiger charge is 2.47. The van der Waals surface area contributed by atoms with Crippen molar-refractivity contribution < 1.29 is 13.9 Å². The Hall–Kier alpha value is -3.68. The van der Waals surface area contributed by atoms with Crippen molar-refractivity contribution in [2.24, 2.45) is 11.1 Å². The van der Waals surface area contributed by atoms with Crippen LogP contribution in [0.5, 0.6) is 5.75 Å². The number of ether oxygens (including phenoxy) is 2. The zero-order valence-electron chi connectivity index (χ0n) is 19.6. The molecule has 10 heteroatoms. The first-order valence-corrected chi connectivity index (χ1v) is 11.7. The first-order chi connectivity index (χ1) is 17.0. The quantitative estimate of drug-likeness (QED) is 0.429. The molecule has 2 saturated heterocycles. The summed E-state index contributed by atoms with van der Waals surface area (Å²) in [5.74, 6) is 6.28. The smallest absolute Gasteiger partial charge is 0.213 e. The lowest BCUT2D eigenvalue weighted by atomic mass is 9.73. The molecule has 180 valence electrons. The van der Waals surface area contributed by atoms with Gasteiger partial charge in [-0.25, -0.2) is 9.37 Å². The minimum absolute atomic E-state index is 0.0280. The van der Waals surface area contributed by atoms with Crippen molar-refractivity contribution in [3.8, 4) is 17.6 Å². The largest absolute Gasteiger partial charge is 0.494 e. The fraction of sp³-hybridized carbons (Fsp3) is 0.400. The van der Waals surface area contributed by atoms with Gasteiger partial charge in [-0.05, 0) is 37.8 Å². The summed E-state index contributed by atoms with van der Waals surface area (Å²) >= 11 is 0. The van der Waals surface area contributed by atoms with Gasteiger partial charge in [-0.15, -0.1) is 0 Å². The summed E-state index contributed by atoms with van der Waals surface area (Å²) in [6.07, 6.45) is 5.60. The molecule has 0 amide bonds. The van der Waals surface area contributed by atoms with E-state index in [0.717, 1.165) is 31.9 Å². The molecule has 0 radical (unpaired) electrons. The van der Waals surface area contributed by atoms with E-state index in [9.17, 15) is 4.39 Å². The Morgan fingerprint density at radius 1 is 1.29 bits per heavy atom. The SMILES string of the molecule is COc1cccc(C#Cc2n[nH]c3nc(N4CCC5(CC4)CO[C@@H](C)[C@H]5N)n4ccnc4c23)c1F. The number of aromatic nitrogens is 5. The highest BCUT2D eigenvalue weighted by atomic mass is 19.1. The van der Waals surface area contributed by atoms with Gasteiger partial charge in [-0.1, -0.05) is 12.0 Å². The zero-order valence-corrected chi connectivity index (χ0v) is 19.6. The van der Waals surface area contributed by atoms with Crippen LogP contribution in [0, 0.1) is 23.1 Å². The predicted octanol–water partition coefficient (Wildman–Crippen LogP) is 2.49. The van der Waals surface area contributed by atoms with Gasteiger partial charge in [0.2, 0.25) is 5.95 Å². The molecule has 0 saturated carbocycles. The third-order valence-corrected chi connectivity index (χ3v) is 7.43. The van der Waals surface area contributed by atoms with Gasteiger partial charge in [-0.2, -0.15) is 10.1 Å². The minimum atomic E-state index is -0.502. The molecule has 0 bridgehead atoms. The maximum absolute atomic E-state index is 14.5. The van der Waals surface area contributed by atoms with E-state index < -0.39 is 5.82 Å². The van der Waals surface area contributed by atoms with Crippen molar-refractivity contribution in [1.29, 1.82) is 0 Å². The summed E-state index contributed by atoms with van der Waals surface area (Å²) < 4.78 is 27.4. The first kappa shape index (κ1) is 21.8. The molecule has 2 fully saturated rings. The number of H-pyrrole nitrogens is 1. The lowest BCUT2D eigenvalue weighted by Gasteiger charge is -2.41. The standard InChI is InChI=1S/C25H26FN7O2/c1-15-21(27)25(14-35-15)8-11-32(12-9-25)24-29-22-19(23-28-10-13-33(23)24)17(30-31-22)7-6-16-4-3-5-18(34-2)20(16)26/h3-5,10,13,15,21H,8-9,11-12,14,27H2,1-2H3,(H,30,31)/t15-,21+/m0/s1. The number of rotatable bonds is 2. The molecule has 0 aliphatic carbocycles. The van der Waals surface area contributed by atoms with Crippen LogP contribution in [-0.4, -0.2) is 63.5 Å². The van der Waals surface area contributed by atoms with Crippen LogP contribution in [0.25, 0.3) is 16.7 Å². The highest BCUT2D eigenvalue weighted by Crippen LogP contribution is 2.42. The summed E-state index contributed by atoms with van der Waals surface area (Å²) in [4.78, 5) is 11.7. The molecule has 35 heavy (non-hydrogen) atoms. The fourth-order valence-electron chi connectivity index (χ4n) is 5.26. The van der Waals surface area contributed by atoms with E-state index in [1.54, 1.807) is 24.4 Å². The second-order valence-corrected chi connectivity index (χ2v) is 9.29. The monoisotopic (exact) mass is 475 g/mol. The number of aromatic amines is 1. The summed E-state index contributed by atoms with van der Waals surface area (Å²) in [6.45, 7) is 4.42. The van der Waals surface area contributed by atoms with E-state index in [0.29, 0.717) is 29.0 Å². The van der Waals surface area contributed by atoms with Gasteiger partial charge in [0, 0.05) is 36.9 Å². The van der Waals surface area contributed by atoms with Gasteiger partial charge >= 0.3 is 0 Å². The number of nitrogens with zero attached hydrogens (tertiary/aromatic N) is 5. The number of fused-ring (bicyclic) bond motifs is 3. The summed E-state index contributed by atoms with van der Waals surface area (Å²) in [6, 6.07) is 4.91. The van der Waals surface area contributed by atoms with Crippen molar-refractivity contribution in [3.05, 3.63) is 47.7 Å². The van der Waals surface area contributed by atoms with Gasteiger partial charge in [0.1, 0.15) is 5.69 Å².